The Kier molecular flexibility index (Phi) is 4.40. The number of nitrogens with zero attached hydrogens (tertiary/aromatic N) is 2. The minimum atomic E-state index is -0.502. The summed E-state index contributed by atoms with van der Waals surface area (Å²) < 4.78 is 25.8. The molecule has 0 bridgehead atoms. The summed E-state index contributed by atoms with van der Waals surface area (Å²) in [6.07, 6.45) is 1.64. The van der Waals surface area contributed by atoms with Gasteiger partial charge in [0.25, 0.3) is 0 Å². The number of halogens is 1. The van der Waals surface area contributed by atoms with Crippen molar-refractivity contribution >= 4 is 22.2 Å². The third kappa shape index (κ3) is 3.11. The number of hydrogen-bond donors (Lipinski definition) is 0. The van der Waals surface area contributed by atoms with E-state index in [0.29, 0.717) is 24.1 Å². The van der Waals surface area contributed by atoms with E-state index in [1.54, 1.807) is 17.9 Å². The number of aromatic nitrogens is 2. The van der Waals surface area contributed by atoms with Gasteiger partial charge in [-0.2, -0.15) is 0 Å². The van der Waals surface area contributed by atoms with E-state index in [1.165, 1.54) is 36.6 Å². The standard InChI is InChI=1S/C16H15FN2O3S/c1-21-8-16-18-10(9-23-16)7-19-4-3-14(20)11-5-15(22-2)12(17)6-13(11)19/h3-6,9H,7-8H2,1-2H3. The Labute approximate surface area is 135 Å². The topological polar surface area (TPSA) is 53.4 Å². The number of fused-ring (bicyclic) bond motifs is 1. The van der Waals surface area contributed by atoms with Crippen molar-refractivity contribution in [3.63, 3.8) is 0 Å². The van der Waals surface area contributed by atoms with Crippen molar-refractivity contribution in [1.29, 1.82) is 0 Å². The lowest BCUT2D eigenvalue weighted by atomic mass is 10.2. The molecule has 0 aliphatic heterocycles. The average molecular weight is 334 g/mol. The van der Waals surface area contributed by atoms with E-state index in [0.717, 1.165) is 10.7 Å². The van der Waals surface area contributed by atoms with Crippen molar-refractivity contribution in [2.75, 3.05) is 14.2 Å². The zero-order chi connectivity index (χ0) is 16.4. The molecule has 0 aliphatic rings. The molecular formula is C16H15FN2O3S. The molecule has 5 nitrogen and oxygen atoms in total. The Morgan fingerprint density at radius 3 is 2.91 bits per heavy atom. The second-order valence-corrected chi connectivity index (χ2v) is 5.92. The summed E-state index contributed by atoms with van der Waals surface area (Å²) in [7, 11) is 2.99. The monoisotopic (exact) mass is 334 g/mol. The number of rotatable bonds is 5. The summed E-state index contributed by atoms with van der Waals surface area (Å²) in [4.78, 5) is 16.5. The number of thiazole rings is 1. The van der Waals surface area contributed by atoms with Crippen LogP contribution in [0.4, 0.5) is 4.39 Å². The molecule has 3 rings (SSSR count). The summed E-state index contributed by atoms with van der Waals surface area (Å²) in [6.45, 7) is 0.907. The maximum atomic E-state index is 14.0. The number of benzene rings is 1. The summed E-state index contributed by atoms with van der Waals surface area (Å²) in [5.41, 5.74) is 1.17. The molecule has 23 heavy (non-hydrogen) atoms. The summed E-state index contributed by atoms with van der Waals surface area (Å²) in [5.74, 6) is -0.443. The van der Waals surface area contributed by atoms with Crippen molar-refractivity contribution < 1.29 is 13.9 Å². The van der Waals surface area contributed by atoms with Crippen LogP contribution >= 0.6 is 11.3 Å². The smallest absolute Gasteiger partial charge is 0.189 e. The fourth-order valence-corrected chi connectivity index (χ4v) is 3.14. The van der Waals surface area contributed by atoms with Crippen LogP contribution < -0.4 is 10.2 Å². The van der Waals surface area contributed by atoms with E-state index in [2.05, 4.69) is 4.98 Å². The molecule has 7 heteroatoms. The van der Waals surface area contributed by atoms with Crippen molar-refractivity contribution in [3.8, 4) is 5.75 Å². The van der Waals surface area contributed by atoms with E-state index in [9.17, 15) is 9.18 Å². The first-order valence-corrected chi connectivity index (χ1v) is 7.79. The van der Waals surface area contributed by atoms with Crippen LogP contribution in [0.3, 0.4) is 0 Å². The predicted molar refractivity (Wildman–Crippen MR) is 86.6 cm³/mol. The molecule has 2 heterocycles. The molecular weight excluding hydrogens is 319 g/mol. The quantitative estimate of drug-likeness (QED) is 0.720. The number of ether oxygens (including phenoxy) is 2. The minimum Gasteiger partial charge on any atom is -0.494 e. The fraction of sp³-hybridized carbons (Fsp3) is 0.250. The molecule has 120 valence electrons. The second-order valence-electron chi connectivity index (χ2n) is 4.98. The Balaban J connectivity index is 2.05. The molecule has 0 fully saturated rings. The van der Waals surface area contributed by atoms with Crippen LogP contribution in [-0.2, 0) is 17.9 Å². The molecule has 0 atom stereocenters. The van der Waals surface area contributed by atoms with Gasteiger partial charge in [0, 0.05) is 36.2 Å². The molecule has 0 unspecified atom stereocenters. The van der Waals surface area contributed by atoms with Gasteiger partial charge in [0.2, 0.25) is 0 Å². The van der Waals surface area contributed by atoms with Crippen LogP contribution in [0.5, 0.6) is 5.75 Å². The first-order chi connectivity index (χ1) is 11.1. The van der Waals surface area contributed by atoms with Gasteiger partial charge in [-0.05, 0) is 6.07 Å². The SMILES string of the molecule is COCc1nc(Cn2ccc(=O)c3cc(OC)c(F)cc32)cs1. The van der Waals surface area contributed by atoms with Crippen LogP contribution in [0, 0.1) is 5.82 Å². The summed E-state index contributed by atoms with van der Waals surface area (Å²) in [6, 6.07) is 4.21. The normalized spacial score (nSPS) is 11.1. The van der Waals surface area contributed by atoms with Gasteiger partial charge in [-0.15, -0.1) is 11.3 Å². The first kappa shape index (κ1) is 15.6. The number of pyridine rings is 1. The number of methoxy groups -OCH3 is 2. The third-order valence-corrected chi connectivity index (χ3v) is 4.32. The van der Waals surface area contributed by atoms with Crippen molar-refractivity contribution in [2.24, 2.45) is 0 Å². The molecule has 2 aromatic heterocycles. The zero-order valence-electron chi connectivity index (χ0n) is 12.7. The lowest BCUT2D eigenvalue weighted by Crippen LogP contribution is -2.10. The minimum absolute atomic E-state index is 0.0587. The van der Waals surface area contributed by atoms with Gasteiger partial charge < -0.3 is 14.0 Å². The fourth-order valence-electron chi connectivity index (χ4n) is 2.39. The van der Waals surface area contributed by atoms with Gasteiger partial charge in [-0.1, -0.05) is 0 Å². The van der Waals surface area contributed by atoms with Crippen molar-refractivity contribution in [3.05, 3.63) is 56.5 Å². The van der Waals surface area contributed by atoms with Crippen LogP contribution in [0.2, 0.25) is 0 Å². The van der Waals surface area contributed by atoms with E-state index in [1.807, 2.05) is 5.38 Å². The summed E-state index contributed by atoms with van der Waals surface area (Å²) >= 11 is 1.51. The molecule has 0 radical (unpaired) electrons. The van der Waals surface area contributed by atoms with E-state index >= 15 is 0 Å². The van der Waals surface area contributed by atoms with Crippen LogP contribution in [-0.4, -0.2) is 23.8 Å². The maximum Gasteiger partial charge on any atom is 0.189 e. The van der Waals surface area contributed by atoms with Crippen LogP contribution in [0.1, 0.15) is 10.7 Å². The predicted octanol–water partition coefficient (Wildman–Crippen LogP) is 2.80. The van der Waals surface area contributed by atoms with Gasteiger partial charge >= 0.3 is 0 Å². The molecule has 0 spiro atoms. The molecule has 0 N–H and O–H groups in total. The number of hydrogen-bond acceptors (Lipinski definition) is 5. The Bertz CT molecular complexity index is 904. The Hall–Kier alpha value is -2.25. The lowest BCUT2D eigenvalue weighted by Gasteiger charge is -2.11. The van der Waals surface area contributed by atoms with Gasteiger partial charge in [0.1, 0.15) is 5.01 Å². The van der Waals surface area contributed by atoms with E-state index < -0.39 is 5.82 Å². The Morgan fingerprint density at radius 2 is 2.17 bits per heavy atom. The highest BCUT2D eigenvalue weighted by atomic mass is 32.1. The molecule has 0 saturated heterocycles. The summed E-state index contributed by atoms with van der Waals surface area (Å²) in [5, 5.41) is 3.22. The molecule has 0 saturated carbocycles. The average Bonchev–Trinajstić information content (AvgIpc) is 2.97. The highest BCUT2D eigenvalue weighted by molar-refractivity contribution is 7.09. The van der Waals surface area contributed by atoms with Gasteiger partial charge in [0.05, 0.1) is 31.5 Å². The molecule has 3 aromatic rings. The molecule has 1 aromatic carbocycles. The van der Waals surface area contributed by atoms with Crippen molar-refractivity contribution in [1.82, 2.24) is 9.55 Å². The first-order valence-electron chi connectivity index (χ1n) is 6.91. The Morgan fingerprint density at radius 1 is 1.35 bits per heavy atom. The zero-order valence-corrected chi connectivity index (χ0v) is 13.5. The highest BCUT2D eigenvalue weighted by Crippen LogP contribution is 2.23. The van der Waals surface area contributed by atoms with Gasteiger partial charge in [-0.25, -0.2) is 9.37 Å². The largest absolute Gasteiger partial charge is 0.494 e. The van der Waals surface area contributed by atoms with Crippen LogP contribution in [0.15, 0.2) is 34.6 Å². The lowest BCUT2D eigenvalue weighted by molar-refractivity contribution is 0.184. The van der Waals surface area contributed by atoms with E-state index in [4.69, 9.17) is 9.47 Å². The van der Waals surface area contributed by atoms with Gasteiger partial charge in [0.15, 0.2) is 17.0 Å². The third-order valence-electron chi connectivity index (χ3n) is 3.45. The highest BCUT2D eigenvalue weighted by Gasteiger charge is 2.11. The second kappa shape index (κ2) is 6.47. The maximum absolute atomic E-state index is 14.0. The molecule has 0 aliphatic carbocycles. The molecule has 0 amide bonds. The van der Waals surface area contributed by atoms with Crippen molar-refractivity contribution in [2.45, 2.75) is 13.2 Å². The van der Waals surface area contributed by atoms with E-state index in [-0.39, 0.29) is 11.2 Å². The van der Waals surface area contributed by atoms with Crippen LogP contribution in [0.25, 0.3) is 10.9 Å². The van der Waals surface area contributed by atoms with Gasteiger partial charge in [-0.3, -0.25) is 4.79 Å².